The summed E-state index contributed by atoms with van der Waals surface area (Å²) in [7, 11) is 2.12. The third kappa shape index (κ3) is 4.47. The van der Waals surface area contributed by atoms with Gasteiger partial charge in [0.05, 0.1) is 17.1 Å². The number of likely N-dealkylation sites (N-methyl/N-ethyl adjacent to an activating group) is 1. The predicted molar refractivity (Wildman–Crippen MR) is 134 cm³/mol. The van der Waals surface area contributed by atoms with Crippen LogP contribution in [0.2, 0.25) is 0 Å². The highest BCUT2D eigenvalue weighted by atomic mass is 19.1. The second-order valence-corrected chi connectivity index (χ2v) is 8.42. The largest absolute Gasteiger partial charge is 0.354 e. The molecule has 1 aliphatic rings. The summed E-state index contributed by atoms with van der Waals surface area (Å²) in [5.41, 5.74) is 5.77. The van der Waals surface area contributed by atoms with Gasteiger partial charge in [0, 0.05) is 43.5 Å². The summed E-state index contributed by atoms with van der Waals surface area (Å²) in [6.07, 6.45) is 4.73. The summed E-state index contributed by atoms with van der Waals surface area (Å²) < 4.78 is 15.8. The minimum atomic E-state index is -0.267. The third-order valence-electron chi connectivity index (χ3n) is 5.83. The maximum absolute atomic E-state index is 13.6. The molecule has 6 nitrogen and oxygen atoms in total. The molecule has 34 heavy (non-hydrogen) atoms. The number of benzene rings is 2. The van der Waals surface area contributed by atoms with Gasteiger partial charge < -0.3 is 5.32 Å². The summed E-state index contributed by atoms with van der Waals surface area (Å²) in [6, 6.07) is 18.8. The van der Waals surface area contributed by atoms with Crippen LogP contribution in [0.5, 0.6) is 0 Å². The lowest BCUT2D eigenvalue weighted by molar-refractivity contribution is 0.365. The number of hydrogen-bond acceptors (Lipinski definition) is 5. The zero-order valence-electron chi connectivity index (χ0n) is 19.4. The lowest BCUT2D eigenvalue weighted by Crippen LogP contribution is -2.22. The highest BCUT2D eigenvalue weighted by Gasteiger charge is 2.27. The molecule has 0 amide bonds. The van der Waals surface area contributed by atoms with E-state index in [0.717, 1.165) is 60.2 Å². The molecule has 0 fully saturated rings. The quantitative estimate of drug-likeness (QED) is 0.401. The van der Waals surface area contributed by atoms with Crippen LogP contribution in [0, 0.1) is 5.82 Å². The van der Waals surface area contributed by atoms with Gasteiger partial charge in [0.25, 0.3) is 0 Å². The molecule has 0 radical (unpaired) electrons. The van der Waals surface area contributed by atoms with Gasteiger partial charge in [0.2, 0.25) is 5.95 Å². The van der Waals surface area contributed by atoms with E-state index in [9.17, 15) is 4.39 Å². The SMILES string of the molecule is CCNc1nccc(-c2c(-c3ccc(F)cc3)nc3n2C(CN(C)Cc2ccccc2)=CC3)n1. The number of rotatable bonds is 8. The molecule has 0 bridgehead atoms. The number of allylic oxidation sites excluding steroid dienone is 1. The Hall–Kier alpha value is -3.84. The molecule has 1 N–H and O–H groups in total. The molecule has 2 aromatic carbocycles. The average Bonchev–Trinajstić information content (AvgIpc) is 3.40. The minimum Gasteiger partial charge on any atom is -0.354 e. The van der Waals surface area contributed by atoms with Crippen LogP contribution in [0.1, 0.15) is 18.3 Å². The molecule has 0 aliphatic carbocycles. The second-order valence-electron chi connectivity index (χ2n) is 8.42. The Morgan fingerprint density at radius 2 is 1.79 bits per heavy atom. The Morgan fingerprint density at radius 3 is 2.56 bits per heavy atom. The van der Waals surface area contributed by atoms with Crippen LogP contribution in [-0.2, 0) is 13.0 Å². The van der Waals surface area contributed by atoms with Crippen molar-refractivity contribution < 1.29 is 4.39 Å². The first kappa shape index (κ1) is 22.0. The molecule has 5 rings (SSSR count). The second kappa shape index (κ2) is 9.57. The molecule has 4 aromatic rings. The maximum atomic E-state index is 13.6. The highest BCUT2D eigenvalue weighted by molar-refractivity contribution is 5.81. The first-order valence-electron chi connectivity index (χ1n) is 11.5. The molecule has 172 valence electrons. The summed E-state index contributed by atoms with van der Waals surface area (Å²) in [5.74, 6) is 1.27. The number of imidazole rings is 1. The maximum Gasteiger partial charge on any atom is 0.223 e. The first-order valence-corrected chi connectivity index (χ1v) is 11.5. The van der Waals surface area contributed by atoms with Gasteiger partial charge in [0.1, 0.15) is 11.6 Å². The molecule has 0 saturated heterocycles. The van der Waals surface area contributed by atoms with Gasteiger partial charge in [-0.15, -0.1) is 0 Å². The van der Waals surface area contributed by atoms with Crippen molar-refractivity contribution in [3.8, 4) is 22.6 Å². The van der Waals surface area contributed by atoms with Crippen molar-refractivity contribution >= 4 is 11.6 Å². The van der Waals surface area contributed by atoms with E-state index < -0.39 is 0 Å². The summed E-state index contributed by atoms with van der Waals surface area (Å²) in [4.78, 5) is 16.4. The number of halogens is 1. The van der Waals surface area contributed by atoms with Crippen LogP contribution < -0.4 is 5.32 Å². The molecule has 0 spiro atoms. The highest BCUT2D eigenvalue weighted by Crippen LogP contribution is 2.37. The molecule has 1 aliphatic heterocycles. The molecular weight excluding hydrogens is 427 g/mol. The summed E-state index contributed by atoms with van der Waals surface area (Å²) >= 11 is 0. The van der Waals surface area contributed by atoms with Crippen LogP contribution in [0.4, 0.5) is 10.3 Å². The lowest BCUT2D eigenvalue weighted by Gasteiger charge is -2.20. The smallest absolute Gasteiger partial charge is 0.223 e. The summed E-state index contributed by atoms with van der Waals surface area (Å²) in [5, 5.41) is 3.19. The van der Waals surface area contributed by atoms with Gasteiger partial charge in [0.15, 0.2) is 0 Å². The van der Waals surface area contributed by atoms with Crippen molar-refractivity contribution in [1.82, 2.24) is 24.4 Å². The van der Waals surface area contributed by atoms with Crippen molar-refractivity contribution in [3.05, 3.63) is 90.1 Å². The fraction of sp³-hybridized carbons (Fsp3) is 0.222. The summed E-state index contributed by atoms with van der Waals surface area (Å²) in [6.45, 7) is 4.35. The fourth-order valence-corrected chi connectivity index (χ4v) is 4.36. The van der Waals surface area contributed by atoms with E-state index in [1.165, 1.54) is 17.7 Å². The van der Waals surface area contributed by atoms with E-state index in [0.29, 0.717) is 5.95 Å². The third-order valence-corrected chi connectivity index (χ3v) is 5.83. The van der Waals surface area contributed by atoms with Crippen LogP contribution in [-0.4, -0.2) is 44.6 Å². The van der Waals surface area contributed by atoms with Gasteiger partial charge in [-0.25, -0.2) is 19.3 Å². The Balaban J connectivity index is 1.55. The molecule has 7 heteroatoms. The van der Waals surface area contributed by atoms with Gasteiger partial charge in [-0.2, -0.15) is 0 Å². The van der Waals surface area contributed by atoms with E-state index in [-0.39, 0.29) is 5.82 Å². The minimum absolute atomic E-state index is 0.267. The van der Waals surface area contributed by atoms with Gasteiger partial charge in [-0.1, -0.05) is 36.4 Å². The van der Waals surface area contributed by atoms with Gasteiger partial charge in [-0.3, -0.25) is 9.47 Å². The van der Waals surface area contributed by atoms with E-state index in [1.54, 1.807) is 18.3 Å². The number of fused-ring (bicyclic) bond motifs is 1. The van der Waals surface area contributed by atoms with Gasteiger partial charge in [-0.05, 0) is 49.9 Å². The Morgan fingerprint density at radius 1 is 1.00 bits per heavy atom. The van der Waals surface area contributed by atoms with Crippen molar-refractivity contribution in [2.75, 3.05) is 25.5 Å². The molecular formula is C27H27FN6. The standard InChI is InChI=1S/C27H27FN6/c1-3-29-27-30-16-15-23(31-27)26-25(20-9-11-21(28)12-10-20)32-24-14-13-22(34(24)26)18-33(2)17-19-7-5-4-6-8-19/h4-13,15-16H,3,14,17-18H2,1-2H3,(H,29,30,31). The predicted octanol–water partition coefficient (Wildman–Crippen LogP) is 5.11. The monoisotopic (exact) mass is 454 g/mol. The Kier molecular flexibility index (Phi) is 6.18. The molecule has 3 heterocycles. The van der Waals surface area contributed by atoms with Gasteiger partial charge >= 0.3 is 0 Å². The number of nitrogens with one attached hydrogen (secondary N) is 1. The van der Waals surface area contributed by atoms with Crippen LogP contribution >= 0.6 is 0 Å². The average molecular weight is 455 g/mol. The zero-order chi connectivity index (χ0) is 23.5. The number of anilines is 1. The topological polar surface area (TPSA) is 58.9 Å². The Bertz CT molecular complexity index is 1310. The van der Waals surface area contributed by atoms with Crippen LogP contribution in [0.15, 0.2) is 72.9 Å². The fourth-order valence-electron chi connectivity index (χ4n) is 4.36. The Labute approximate surface area is 198 Å². The number of nitrogens with zero attached hydrogens (tertiary/aromatic N) is 5. The van der Waals surface area contributed by atoms with E-state index in [4.69, 9.17) is 9.97 Å². The molecule has 2 aromatic heterocycles. The first-order chi connectivity index (χ1) is 16.6. The number of hydrogen-bond donors (Lipinski definition) is 1. The van der Waals surface area contributed by atoms with Crippen LogP contribution in [0.25, 0.3) is 28.3 Å². The molecule has 0 atom stereocenters. The van der Waals surface area contributed by atoms with E-state index in [2.05, 4.69) is 57.2 Å². The van der Waals surface area contributed by atoms with Crippen molar-refractivity contribution in [2.45, 2.75) is 19.9 Å². The molecule has 0 unspecified atom stereocenters. The van der Waals surface area contributed by atoms with E-state index in [1.807, 2.05) is 19.1 Å². The number of aromatic nitrogens is 4. The van der Waals surface area contributed by atoms with E-state index >= 15 is 0 Å². The van der Waals surface area contributed by atoms with Crippen molar-refractivity contribution in [1.29, 1.82) is 0 Å². The zero-order valence-corrected chi connectivity index (χ0v) is 19.4. The molecule has 0 saturated carbocycles. The van der Waals surface area contributed by atoms with Crippen molar-refractivity contribution in [2.24, 2.45) is 0 Å². The normalized spacial score (nSPS) is 12.6. The van der Waals surface area contributed by atoms with Crippen LogP contribution in [0.3, 0.4) is 0 Å². The van der Waals surface area contributed by atoms with Crippen molar-refractivity contribution in [3.63, 3.8) is 0 Å². The lowest BCUT2D eigenvalue weighted by atomic mass is 10.1.